The van der Waals surface area contributed by atoms with E-state index >= 15 is 0 Å². The minimum atomic E-state index is -0.842. The second-order valence-electron chi connectivity index (χ2n) is 4.02. The van der Waals surface area contributed by atoms with Gasteiger partial charge in [0.25, 0.3) is 5.91 Å². The number of hydrogen-bond donors (Lipinski definition) is 1. The van der Waals surface area contributed by atoms with Gasteiger partial charge in [-0.1, -0.05) is 30.3 Å². The third-order valence-corrected chi connectivity index (χ3v) is 2.85. The van der Waals surface area contributed by atoms with Crippen molar-refractivity contribution < 1.29 is 19.4 Å². The number of rotatable bonds is 2. The van der Waals surface area contributed by atoms with Crippen LogP contribution in [0.2, 0.25) is 0 Å². The number of carbonyl (C=O) groups is 2. The quantitative estimate of drug-likeness (QED) is 0.645. The van der Waals surface area contributed by atoms with E-state index in [9.17, 15) is 14.7 Å². The van der Waals surface area contributed by atoms with Gasteiger partial charge in [-0.25, -0.2) is 4.79 Å². The number of ether oxygens (including phenoxy) is 1. The Balaban J connectivity index is 2.47. The molecule has 1 aliphatic heterocycles. The van der Waals surface area contributed by atoms with E-state index in [1.54, 1.807) is 6.08 Å². The smallest absolute Gasteiger partial charge is 0.347 e. The molecule has 98 valence electrons. The third-order valence-electron chi connectivity index (χ3n) is 2.85. The normalized spacial score (nSPS) is 17.3. The van der Waals surface area contributed by atoms with Gasteiger partial charge in [-0.05, 0) is 11.6 Å². The highest BCUT2D eigenvalue weighted by atomic mass is 16.5. The molecular formula is C14H13NO4. The highest BCUT2D eigenvalue weighted by Gasteiger charge is 2.37. The molecule has 0 fully saturated rings. The second kappa shape index (κ2) is 4.97. The van der Waals surface area contributed by atoms with Gasteiger partial charge < -0.3 is 14.7 Å². The standard InChI is InChI=1S/C14H13NO4/c1-15-10(8-9-6-4-3-5-7-9)12(16)11(13(15)17)14(18)19-2/h3-8,16H,1-2H3/b10-8-. The lowest BCUT2D eigenvalue weighted by atomic mass is 10.1. The molecule has 5 heteroatoms. The maximum absolute atomic E-state index is 11.9. The number of amides is 1. The summed E-state index contributed by atoms with van der Waals surface area (Å²) in [5, 5.41) is 10.0. The first-order valence-electron chi connectivity index (χ1n) is 5.63. The Labute approximate surface area is 110 Å². The molecule has 1 aromatic rings. The van der Waals surface area contributed by atoms with E-state index in [1.807, 2.05) is 30.3 Å². The number of aliphatic hydroxyl groups excluding tert-OH is 1. The van der Waals surface area contributed by atoms with Crippen molar-refractivity contribution in [1.29, 1.82) is 0 Å². The zero-order chi connectivity index (χ0) is 14.0. The van der Waals surface area contributed by atoms with Crippen LogP contribution < -0.4 is 0 Å². The van der Waals surface area contributed by atoms with Crippen LogP contribution in [0.1, 0.15) is 5.56 Å². The number of esters is 1. The molecule has 1 aliphatic rings. The minimum Gasteiger partial charge on any atom is -0.505 e. The molecule has 1 aromatic carbocycles. The van der Waals surface area contributed by atoms with Gasteiger partial charge in [-0.15, -0.1) is 0 Å². The summed E-state index contributed by atoms with van der Waals surface area (Å²) in [6, 6.07) is 9.20. The molecule has 0 saturated heterocycles. The van der Waals surface area contributed by atoms with Crippen molar-refractivity contribution in [2.45, 2.75) is 0 Å². The highest BCUT2D eigenvalue weighted by Crippen LogP contribution is 2.28. The maximum Gasteiger partial charge on any atom is 0.347 e. The van der Waals surface area contributed by atoms with Gasteiger partial charge in [0.2, 0.25) is 0 Å². The van der Waals surface area contributed by atoms with E-state index in [0.29, 0.717) is 0 Å². The molecular weight excluding hydrogens is 246 g/mol. The summed E-state index contributed by atoms with van der Waals surface area (Å²) in [5.41, 5.74) is 0.749. The number of methoxy groups -OCH3 is 1. The summed E-state index contributed by atoms with van der Waals surface area (Å²) < 4.78 is 4.49. The molecule has 0 spiro atoms. The van der Waals surface area contributed by atoms with Crippen molar-refractivity contribution in [3.05, 3.63) is 52.9 Å². The zero-order valence-electron chi connectivity index (χ0n) is 10.6. The number of aliphatic hydroxyl groups is 1. The van der Waals surface area contributed by atoms with Crippen molar-refractivity contribution in [1.82, 2.24) is 4.90 Å². The van der Waals surface area contributed by atoms with Crippen molar-refractivity contribution >= 4 is 18.0 Å². The number of nitrogens with zero attached hydrogens (tertiary/aromatic N) is 1. The predicted octanol–water partition coefficient (Wildman–Crippen LogP) is 1.48. The van der Waals surface area contributed by atoms with Crippen molar-refractivity contribution in [2.24, 2.45) is 0 Å². The number of carbonyl (C=O) groups excluding carboxylic acids is 2. The van der Waals surface area contributed by atoms with Gasteiger partial charge in [0.15, 0.2) is 11.3 Å². The molecule has 5 nitrogen and oxygen atoms in total. The van der Waals surface area contributed by atoms with Gasteiger partial charge in [0, 0.05) is 7.05 Å². The zero-order valence-corrected chi connectivity index (χ0v) is 10.6. The Morgan fingerprint density at radius 3 is 2.53 bits per heavy atom. The fourth-order valence-electron chi connectivity index (χ4n) is 1.82. The van der Waals surface area contributed by atoms with E-state index in [-0.39, 0.29) is 17.0 Å². The summed E-state index contributed by atoms with van der Waals surface area (Å²) in [6.07, 6.45) is 1.63. The summed E-state index contributed by atoms with van der Waals surface area (Å²) in [6.45, 7) is 0. The van der Waals surface area contributed by atoms with Crippen LogP contribution in [0.4, 0.5) is 0 Å². The first-order valence-corrected chi connectivity index (χ1v) is 5.63. The van der Waals surface area contributed by atoms with Crippen LogP contribution >= 0.6 is 0 Å². The Morgan fingerprint density at radius 1 is 1.32 bits per heavy atom. The van der Waals surface area contributed by atoms with Crippen LogP contribution in [0.15, 0.2) is 47.4 Å². The van der Waals surface area contributed by atoms with Crippen LogP contribution in [-0.4, -0.2) is 36.0 Å². The molecule has 19 heavy (non-hydrogen) atoms. The lowest BCUT2D eigenvalue weighted by molar-refractivity contribution is -0.139. The summed E-state index contributed by atoms with van der Waals surface area (Å²) in [4.78, 5) is 24.6. The largest absolute Gasteiger partial charge is 0.505 e. The van der Waals surface area contributed by atoms with Crippen LogP contribution in [0.25, 0.3) is 6.08 Å². The average molecular weight is 259 g/mol. The average Bonchev–Trinajstić information content (AvgIpc) is 2.63. The van der Waals surface area contributed by atoms with Gasteiger partial charge in [-0.3, -0.25) is 4.79 Å². The fourth-order valence-corrected chi connectivity index (χ4v) is 1.82. The molecule has 0 radical (unpaired) electrons. The molecule has 0 atom stereocenters. The first-order chi connectivity index (χ1) is 9.06. The molecule has 1 heterocycles. The van der Waals surface area contributed by atoms with Gasteiger partial charge in [0.1, 0.15) is 0 Å². The van der Waals surface area contributed by atoms with Crippen LogP contribution in [0.3, 0.4) is 0 Å². The first kappa shape index (κ1) is 12.9. The Bertz CT molecular complexity index is 587. The molecule has 0 aliphatic carbocycles. The third kappa shape index (κ3) is 2.22. The summed E-state index contributed by atoms with van der Waals surface area (Å²) in [7, 11) is 2.65. The molecule has 0 unspecified atom stereocenters. The Hall–Kier alpha value is -2.56. The Kier molecular flexibility index (Phi) is 3.37. The monoisotopic (exact) mass is 259 g/mol. The minimum absolute atomic E-state index is 0.275. The van der Waals surface area contributed by atoms with E-state index in [2.05, 4.69) is 4.74 Å². The van der Waals surface area contributed by atoms with Crippen molar-refractivity contribution in [3.63, 3.8) is 0 Å². The Morgan fingerprint density at radius 2 is 1.95 bits per heavy atom. The van der Waals surface area contributed by atoms with Gasteiger partial charge in [-0.2, -0.15) is 0 Å². The second-order valence-corrected chi connectivity index (χ2v) is 4.02. The van der Waals surface area contributed by atoms with Crippen molar-refractivity contribution in [2.75, 3.05) is 14.2 Å². The lowest BCUT2D eigenvalue weighted by Gasteiger charge is -2.11. The van der Waals surface area contributed by atoms with Crippen LogP contribution in [0, 0.1) is 0 Å². The molecule has 0 saturated carbocycles. The van der Waals surface area contributed by atoms with Crippen LogP contribution in [-0.2, 0) is 14.3 Å². The SMILES string of the molecule is COC(=O)C1=C(O)/C(=C/c2ccccc2)N(C)C1=O. The number of hydrogen-bond acceptors (Lipinski definition) is 4. The number of benzene rings is 1. The topological polar surface area (TPSA) is 66.8 Å². The van der Waals surface area contributed by atoms with Crippen LogP contribution in [0.5, 0.6) is 0 Å². The fraction of sp³-hybridized carbons (Fsp3) is 0.143. The summed E-state index contributed by atoms with van der Waals surface area (Å²) >= 11 is 0. The number of likely N-dealkylation sites (N-methyl/N-ethyl adjacent to an activating group) is 1. The van der Waals surface area contributed by atoms with Gasteiger partial charge >= 0.3 is 5.97 Å². The molecule has 1 N–H and O–H groups in total. The van der Waals surface area contributed by atoms with E-state index in [1.165, 1.54) is 11.9 Å². The molecule has 2 rings (SSSR count). The van der Waals surface area contributed by atoms with E-state index < -0.39 is 11.9 Å². The highest BCUT2D eigenvalue weighted by molar-refractivity contribution is 6.20. The van der Waals surface area contributed by atoms with E-state index in [4.69, 9.17) is 0 Å². The predicted molar refractivity (Wildman–Crippen MR) is 68.9 cm³/mol. The molecule has 1 amide bonds. The van der Waals surface area contributed by atoms with Gasteiger partial charge in [0.05, 0.1) is 12.8 Å². The lowest BCUT2D eigenvalue weighted by Crippen LogP contribution is -2.23. The van der Waals surface area contributed by atoms with Crippen molar-refractivity contribution in [3.8, 4) is 0 Å². The molecule has 0 aromatic heterocycles. The molecule has 0 bridgehead atoms. The maximum atomic E-state index is 11.9. The summed E-state index contributed by atoms with van der Waals surface area (Å²) in [5.74, 6) is -1.78. The van der Waals surface area contributed by atoms with E-state index in [0.717, 1.165) is 12.7 Å².